The van der Waals surface area contributed by atoms with Gasteiger partial charge in [-0.1, -0.05) is 12.1 Å². The third kappa shape index (κ3) is 4.85. The van der Waals surface area contributed by atoms with Gasteiger partial charge >= 0.3 is 0 Å². The zero-order valence-corrected chi connectivity index (χ0v) is 13.9. The van der Waals surface area contributed by atoms with Crippen LogP contribution < -0.4 is 14.8 Å². The average Bonchev–Trinajstić information content (AvgIpc) is 2.48. The average molecular weight is 338 g/mol. The summed E-state index contributed by atoms with van der Waals surface area (Å²) in [5.41, 5.74) is 2.14. The molecule has 1 atom stereocenters. The van der Waals surface area contributed by atoms with Gasteiger partial charge in [0.15, 0.2) is 0 Å². The number of nitrogens with one attached hydrogen (secondary N) is 2. The van der Waals surface area contributed by atoms with Gasteiger partial charge in [-0.15, -0.1) is 0 Å². The summed E-state index contributed by atoms with van der Waals surface area (Å²) >= 11 is 0. The number of halogens is 1. The fraction of sp³-hybridized carbons (Fsp3) is 0.250. The number of hydrogen-bond acceptors (Lipinski definition) is 4. The normalized spacial score (nSPS) is 12.5. The number of rotatable bonds is 6. The number of hydrogen-bond donors (Lipinski definition) is 2. The SMILES string of the molecule is COc1cc(F)ccc1N[C@H](C)c1ccc(NS(C)(=O)=O)cc1. The molecule has 2 aromatic rings. The Morgan fingerprint density at radius 2 is 1.78 bits per heavy atom. The molecular weight excluding hydrogens is 319 g/mol. The van der Waals surface area contributed by atoms with Crippen molar-refractivity contribution in [1.29, 1.82) is 0 Å². The minimum absolute atomic E-state index is 0.0679. The molecule has 0 unspecified atom stereocenters. The number of sulfonamides is 1. The van der Waals surface area contributed by atoms with Crippen LogP contribution >= 0.6 is 0 Å². The molecule has 23 heavy (non-hydrogen) atoms. The van der Waals surface area contributed by atoms with Crippen LogP contribution in [0.5, 0.6) is 5.75 Å². The first kappa shape index (κ1) is 17.1. The summed E-state index contributed by atoms with van der Waals surface area (Å²) in [6.07, 6.45) is 1.10. The van der Waals surface area contributed by atoms with Gasteiger partial charge in [0, 0.05) is 17.8 Å². The predicted octanol–water partition coefficient (Wildman–Crippen LogP) is 3.38. The summed E-state index contributed by atoms with van der Waals surface area (Å²) in [5.74, 6) is 0.0588. The summed E-state index contributed by atoms with van der Waals surface area (Å²) in [4.78, 5) is 0. The van der Waals surface area contributed by atoms with E-state index in [1.54, 1.807) is 18.2 Å². The highest BCUT2D eigenvalue weighted by atomic mass is 32.2. The zero-order valence-electron chi connectivity index (χ0n) is 13.1. The highest BCUT2D eigenvalue weighted by Gasteiger charge is 2.10. The zero-order chi connectivity index (χ0) is 17.0. The van der Waals surface area contributed by atoms with E-state index in [4.69, 9.17) is 4.74 Å². The summed E-state index contributed by atoms with van der Waals surface area (Å²) in [6.45, 7) is 1.95. The molecule has 0 bridgehead atoms. The van der Waals surface area contributed by atoms with Crippen molar-refractivity contribution in [2.75, 3.05) is 23.4 Å². The smallest absolute Gasteiger partial charge is 0.229 e. The first-order chi connectivity index (χ1) is 10.8. The Hall–Kier alpha value is -2.28. The van der Waals surface area contributed by atoms with Crippen LogP contribution in [0.15, 0.2) is 42.5 Å². The number of benzene rings is 2. The Labute approximate surface area is 135 Å². The van der Waals surface area contributed by atoms with Gasteiger partial charge in [-0.2, -0.15) is 0 Å². The molecule has 0 spiro atoms. The molecule has 0 heterocycles. The van der Waals surface area contributed by atoms with E-state index in [1.807, 2.05) is 19.1 Å². The maximum atomic E-state index is 13.2. The second-order valence-corrected chi connectivity index (χ2v) is 6.96. The van der Waals surface area contributed by atoms with Crippen molar-refractivity contribution in [3.05, 3.63) is 53.8 Å². The van der Waals surface area contributed by atoms with Gasteiger partial charge in [-0.3, -0.25) is 4.72 Å². The third-order valence-corrected chi connectivity index (χ3v) is 3.86. The van der Waals surface area contributed by atoms with Crippen molar-refractivity contribution >= 4 is 21.4 Å². The van der Waals surface area contributed by atoms with E-state index in [0.717, 1.165) is 11.8 Å². The Morgan fingerprint density at radius 3 is 2.35 bits per heavy atom. The first-order valence-corrected chi connectivity index (χ1v) is 8.85. The molecule has 0 aromatic heterocycles. The molecule has 0 aliphatic heterocycles. The van der Waals surface area contributed by atoms with Crippen LogP contribution in [0.3, 0.4) is 0 Å². The van der Waals surface area contributed by atoms with E-state index in [1.165, 1.54) is 19.2 Å². The van der Waals surface area contributed by atoms with Crippen molar-refractivity contribution in [2.45, 2.75) is 13.0 Å². The number of anilines is 2. The van der Waals surface area contributed by atoms with E-state index in [-0.39, 0.29) is 11.9 Å². The minimum Gasteiger partial charge on any atom is -0.494 e. The van der Waals surface area contributed by atoms with E-state index in [0.29, 0.717) is 17.1 Å². The maximum Gasteiger partial charge on any atom is 0.229 e. The van der Waals surface area contributed by atoms with Gasteiger partial charge in [0.1, 0.15) is 11.6 Å². The van der Waals surface area contributed by atoms with Gasteiger partial charge in [-0.05, 0) is 36.8 Å². The van der Waals surface area contributed by atoms with Crippen LogP contribution in [0.25, 0.3) is 0 Å². The molecule has 0 radical (unpaired) electrons. The molecule has 0 amide bonds. The highest BCUT2D eigenvalue weighted by Crippen LogP contribution is 2.29. The van der Waals surface area contributed by atoms with Crippen LogP contribution in [-0.4, -0.2) is 21.8 Å². The predicted molar refractivity (Wildman–Crippen MR) is 89.9 cm³/mol. The van der Waals surface area contributed by atoms with Crippen LogP contribution in [0.2, 0.25) is 0 Å². The van der Waals surface area contributed by atoms with Crippen molar-refractivity contribution < 1.29 is 17.5 Å². The minimum atomic E-state index is -3.29. The first-order valence-electron chi connectivity index (χ1n) is 6.96. The summed E-state index contributed by atoms with van der Waals surface area (Å²) in [6, 6.07) is 11.2. The van der Waals surface area contributed by atoms with E-state index >= 15 is 0 Å². The van der Waals surface area contributed by atoms with Gasteiger partial charge in [0.05, 0.1) is 19.1 Å². The monoisotopic (exact) mass is 338 g/mol. The highest BCUT2D eigenvalue weighted by molar-refractivity contribution is 7.92. The Kier molecular flexibility index (Phi) is 5.10. The molecule has 124 valence electrons. The summed E-state index contributed by atoms with van der Waals surface area (Å²) in [7, 11) is -1.81. The lowest BCUT2D eigenvalue weighted by Gasteiger charge is -2.18. The Balaban J connectivity index is 2.13. The molecule has 2 rings (SSSR count). The summed E-state index contributed by atoms with van der Waals surface area (Å²) < 4.78 is 43.2. The van der Waals surface area contributed by atoms with Gasteiger partial charge in [0.25, 0.3) is 0 Å². The molecule has 7 heteroatoms. The van der Waals surface area contributed by atoms with Crippen LogP contribution in [0.1, 0.15) is 18.5 Å². The second-order valence-electron chi connectivity index (χ2n) is 5.21. The molecular formula is C16H19FN2O3S. The fourth-order valence-electron chi connectivity index (χ4n) is 2.15. The molecule has 0 fully saturated rings. The van der Waals surface area contributed by atoms with Crippen molar-refractivity contribution in [3.8, 4) is 5.75 Å². The van der Waals surface area contributed by atoms with Crippen LogP contribution in [0.4, 0.5) is 15.8 Å². The lowest BCUT2D eigenvalue weighted by molar-refractivity contribution is 0.412. The quantitative estimate of drug-likeness (QED) is 0.847. The molecule has 2 N–H and O–H groups in total. The molecule has 0 saturated heterocycles. The molecule has 0 saturated carbocycles. The maximum absolute atomic E-state index is 13.2. The van der Waals surface area contributed by atoms with E-state index < -0.39 is 10.0 Å². The summed E-state index contributed by atoms with van der Waals surface area (Å²) in [5, 5.41) is 3.24. The molecule has 0 aliphatic rings. The van der Waals surface area contributed by atoms with Crippen molar-refractivity contribution in [3.63, 3.8) is 0 Å². The number of ether oxygens (including phenoxy) is 1. The van der Waals surface area contributed by atoms with Gasteiger partial charge < -0.3 is 10.1 Å². The fourth-order valence-corrected chi connectivity index (χ4v) is 2.72. The standard InChI is InChI=1S/C16H19FN2O3S/c1-11(18-15-9-6-13(17)10-16(15)22-2)12-4-7-14(8-5-12)19-23(3,20)21/h4-11,18-19H,1-3H3/t11-/m1/s1. The topological polar surface area (TPSA) is 67.4 Å². The number of methoxy groups -OCH3 is 1. The lowest BCUT2D eigenvalue weighted by atomic mass is 10.1. The van der Waals surface area contributed by atoms with Crippen LogP contribution in [-0.2, 0) is 10.0 Å². The molecule has 5 nitrogen and oxygen atoms in total. The van der Waals surface area contributed by atoms with Crippen molar-refractivity contribution in [2.24, 2.45) is 0 Å². The Bertz CT molecular complexity index is 776. The second kappa shape index (κ2) is 6.87. The van der Waals surface area contributed by atoms with Crippen molar-refractivity contribution in [1.82, 2.24) is 0 Å². The Morgan fingerprint density at radius 1 is 1.13 bits per heavy atom. The largest absolute Gasteiger partial charge is 0.494 e. The molecule has 2 aromatic carbocycles. The van der Waals surface area contributed by atoms with Crippen LogP contribution in [0, 0.1) is 5.82 Å². The van der Waals surface area contributed by atoms with E-state index in [2.05, 4.69) is 10.0 Å². The lowest BCUT2D eigenvalue weighted by Crippen LogP contribution is -2.10. The van der Waals surface area contributed by atoms with E-state index in [9.17, 15) is 12.8 Å². The molecule has 0 aliphatic carbocycles. The third-order valence-electron chi connectivity index (χ3n) is 3.25. The van der Waals surface area contributed by atoms with Gasteiger partial charge in [0.2, 0.25) is 10.0 Å². The van der Waals surface area contributed by atoms with Gasteiger partial charge in [-0.25, -0.2) is 12.8 Å².